The number of aromatic nitrogens is 2. The Morgan fingerprint density at radius 1 is 0.970 bits per heavy atom. The second-order valence-corrected chi connectivity index (χ2v) is 7.89. The van der Waals surface area contributed by atoms with Crippen LogP contribution in [0.25, 0.3) is 16.9 Å². The molecule has 1 aromatic heterocycles. The molecule has 3 aromatic carbocycles. The molecule has 1 heterocycles. The maximum absolute atomic E-state index is 13.4. The van der Waals surface area contributed by atoms with Crippen molar-refractivity contribution in [2.45, 2.75) is 13.0 Å². The van der Waals surface area contributed by atoms with E-state index in [0.29, 0.717) is 6.42 Å². The molecule has 1 aliphatic carbocycles. The molecule has 1 unspecified atom stereocenters. The van der Waals surface area contributed by atoms with E-state index in [0.717, 1.165) is 33.6 Å². The molecule has 6 nitrogen and oxygen atoms in total. The van der Waals surface area contributed by atoms with Crippen molar-refractivity contribution in [3.05, 3.63) is 107 Å². The minimum atomic E-state index is -1.47. The molecule has 0 bridgehead atoms. The predicted molar refractivity (Wildman–Crippen MR) is 124 cm³/mol. The van der Waals surface area contributed by atoms with Gasteiger partial charge in [0.1, 0.15) is 5.69 Å². The third-order valence-corrected chi connectivity index (χ3v) is 5.82. The molecular weight excluding hydrogens is 412 g/mol. The van der Waals surface area contributed by atoms with Gasteiger partial charge < -0.3 is 5.32 Å². The highest BCUT2D eigenvalue weighted by molar-refractivity contribution is 6.12. The lowest BCUT2D eigenvalue weighted by Gasteiger charge is -2.09. The van der Waals surface area contributed by atoms with Crippen molar-refractivity contribution in [1.29, 1.82) is 5.26 Å². The Kier molecular flexibility index (Phi) is 5.29. The summed E-state index contributed by atoms with van der Waals surface area (Å²) in [7, 11) is 0. The van der Waals surface area contributed by atoms with Crippen LogP contribution in [0.5, 0.6) is 0 Å². The number of fused-ring (bicyclic) bond motifs is 3. The third kappa shape index (κ3) is 3.70. The number of Topliss-reactive ketones (excluding diaryl/α,β-unsaturated/α-hetero) is 1. The molecule has 33 heavy (non-hydrogen) atoms. The van der Waals surface area contributed by atoms with Gasteiger partial charge in [-0.05, 0) is 23.3 Å². The summed E-state index contributed by atoms with van der Waals surface area (Å²) in [5.74, 6) is -2.67. The molecule has 0 saturated carbocycles. The molecule has 4 aromatic rings. The first kappa shape index (κ1) is 20.4. The number of amides is 1. The minimum Gasteiger partial charge on any atom is -0.350 e. The summed E-state index contributed by atoms with van der Waals surface area (Å²) in [6.07, 6.45) is 0.531. The molecule has 1 N–H and O–H groups in total. The maximum Gasteiger partial charge on any atom is 0.245 e. The fourth-order valence-corrected chi connectivity index (χ4v) is 4.20. The normalized spacial score (nSPS) is 12.3. The zero-order valence-corrected chi connectivity index (χ0v) is 17.7. The van der Waals surface area contributed by atoms with E-state index >= 15 is 0 Å². The standard InChI is InChI=1S/C27H20N4O2/c28-16-23(27(33)29-17-18-9-3-1-4-10-18)26(32)24-22-15-19-11-7-8-14-21(19)25(22)31(30-24)20-12-5-2-6-13-20/h1-14,23H,15,17H2,(H,29,33). The summed E-state index contributed by atoms with van der Waals surface area (Å²) in [5, 5.41) is 17.0. The number of nitrogens with one attached hydrogen (secondary N) is 1. The second kappa shape index (κ2) is 8.56. The van der Waals surface area contributed by atoms with Gasteiger partial charge in [0.15, 0.2) is 5.92 Å². The Hall–Kier alpha value is -4.50. The Labute approximate surface area is 191 Å². The van der Waals surface area contributed by atoms with E-state index in [9.17, 15) is 14.9 Å². The van der Waals surface area contributed by atoms with E-state index in [1.807, 2.05) is 91.0 Å². The number of carbonyl (C=O) groups is 2. The average molecular weight is 432 g/mol. The summed E-state index contributed by atoms with van der Waals surface area (Å²) >= 11 is 0. The summed E-state index contributed by atoms with van der Waals surface area (Å²) in [4.78, 5) is 26.2. The maximum atomic E-state index is 13.4. The fourth-order valence-electron chi connectivity index (χ4n) is 4.20. The number of hydrogen-bond acceptors (Lipinski definition) is 4. The van der Waals surface area contributed by atoms with Crippen LogP contribution in [0.1, 0.15) is 27.2 Å². The van der Waals surface area contributed by atoms with Crippen LogP contribution in [0.4, 0.5) is 0 Å². The van der Waals surface area contributed by atoms with Crippen LogP contribution in [-0.2, 0) is 17.8 Å². The predicted octanol–water partition coefficient (Wildman–Crippen LogP) is 4.08. The summed E-state index contributed by atoms with van der Waals surface area (Å²) < 4.78 is 1.74. The van der Waals surface area contributed by atoms with Crippen LogP contribution in [0.3, 0.4) is 0 Å². The number of nitriles is 1. The Balaban J connectivity index is 1.50. The zero-order valence-electron chi connectivity index (χ0n) is 17.7. The van der Waals surface area contributed by atoms with Crippen LogP contribution in [-0.4, -0.2) is 21.5 Å². The van der Waals surface area contributed by atoms with Gasteiger partial charge in [-0.1, -0.05) is 72.8 Å². The SMILES string of the molecule is N#CC(C(=O)NCc1ccccc1)C(=O)c1nn(-c2ccccc2)c2c1Cc1ccccc1-2. The van der Waals surface area contributed by atoms with Gasteiger partial charge in [-0.2, -0.15) is 10.4 Å². The molecule has 0 radical (unpaired) electrons. The highest BCUT2D eigenvalue weighted by Crippen LogP contribution is 2.40. The number of ketones is 1. The summed E-state index contributed by atoms with van der Waals surface area (Å²) in [6, 6.07) is 28.7. The van der Waals surface area contributed by atoms with E-state index in [4.69, 9.17) is 0 Å². The van der Waals surface area contributed by atoms with E-state index in [-0.39, 0.29) is 12.2 Å². The minimum absolute atomic E-state index is 0.173. The van der Waals surface area contributed by atoms with Gasteiger partial charge in [0, 0.05) is 24.1 Å². The summed E-state index contributed by atoms with van der Waals surface area (Å²) in [6.45, 7) is 0.243. The first-order chi connectivity index (χ1) is 16.2. The van der Waals surface area contributed by atoms with Crippen molar-refractivity contribution >= 4 is 11.7 Å². The van der Waals surface area contributed by atoms with Crippen molar-refractivity contribution in [3.8, 4) is 23.0 Å². The lowest BCUT2D eigenvalue weighted by Crippen LogP contribution is -2.34. The smallest absolute Gasteiger partial charge is 0.245 e. The fraction of sp³-hybridized carbons (Fsp3) is 0.111. The van der Waals surface area contributed by atoms with Gasteiger partial charge in [-0.3, -0.25) is 9.59 Å². The molecule has 6 heteroatoms. The highest BCUT2D eigenvalue weighted by atomic mass is 16.2. The molecule has 0 fully saturated rings. The molecule has 1 amide bonds. The van der Waals surface area contributed by atoms with Gasteiger partial charge in [-0.15, -0.1) is 0 Å². The van der Waals surface area contributed by atoms with Gasteiger partial charge >= 0.3 is 0 Å². The first-order valence-corrected chi connectivity index (χ1v) is 10.7. The molecule has 0 spiro atoms. The van der Waals surface area contributed by atoms with Crippen molar-refractivity contribution in [1.82, 2.24) is 15.1 Å². The van der Waals surface area contributed by atoms with Gasteiger partial charge in [0.05, 0.1) is 17.5 Å². The van der Waals surface area contributed by atoms with Gasteiger partial charge in [-0.25, -0.2) is 4.68 Å². The molecule has 1 atom stereocenters. The van der Waals surface area contributed by atoms with E-state index in [1.54, 1.807) is 4.68 Å². The summed E-state index contributed by atoms with van der Waals surface area (Å²) in [5.41, 5.74) is 5.55. The molecule has 160 valence electrons. The van der Waals surface area contributed by atoms with Crippen LogP contribution >= 0.6 is 0 Å². The molecule has 0 aliphatic heterocycles. The average Bonchev–Trinajstić information content (AvgIpc) is 3.42. The van der Waals surface area contributed by atoms with Crippen LogP contribution in [0, 0.1) is 17.2 Å². The highest BCUT2D eigenvalue weighted by Gasteiger charge is 2.36. The van der Waals surface area contributed by atoms with Crippen LogP contribution < -0.4 is 5.32 Å². The number of hydrogen-bond donors (Lipinski definition) is 1. The number of carbonyl (C=O) groups excluding carboxylic acids is 2. The topological polar surface area (TPSA) is 87.8 Å². The molecular formula is C27H20N4O2. The van der Waals surface area contributed by atoms with Crippen LogP contribution in [0.15, 0.2) is 84.9 Å². The number of benzene rings is 3. The molecule has 1 aliphatic rings. The monoisotopic (exact) mass is 432 g/mol. The van der Waals surface area contributed by atoms with E-state index in [1.165, 1.54) is 0 Å². The van der Waals surface area contributed by atoms with Crippen LogP contribution in [0.2, 0.25) is 0 Å². The third-order valence-electron chi connectivity index (χ3n) is 5.82. The Morgan fingerprint density at radius 2 is 1.64 bits per heavy atom. The largest absolute Gasteiger partial charge is 0.350 e. The van der Waals surface area contributed by atoms with E-state index < -0.39 is 17.6 Å². The van der Waals surface area contributed by atoms with Gasteiger partial charge in [0.2, 0.25) is 11.7 Å². The molecule has 5 rings (SSSR count). The van der Waals surface area contributed by atoms with Gasteiger partial charge in [0.25, 0.3) is 0 Å². The second-order valence-electron chi connectivity index (χ2n) is 7.89. The Morgan fingerprint density at radius 3 is 2.36 bits per heavy atom. The number of para-hydroxylation sites is 1. The first-order valence-electron chi connectivity index (χ1n) is 10.7. The van der Waals surface area contributed by atoms with Crippen molar-refractivity contribution in [3.63, 3.8) is 0 Å². The van der Waals surface area contributed by atoms with E-state index in [2.05, 4.69) is 10.4 Å². The lowest BCUT2D eigenvalue weighted by molar-refractivity contribution is -0.122. The number of rotatable bonds is 6. The lowest BCUT2D eigenvalue weighted by atomic mass is 9.98. The van der Waals surface area contributed by atoms with Crippen molar-refractivity contribution in [2.24, 2.45) is 5.92 Å². The van der Waals surface area contributed by atoms with Crippen molar-refractivity contribution in [2.75, 3.05) is 0 Å². The van der Waals surface area contributed by atoms with Crippen molar-refractivity contribution < 1.29 is 9.59 Å². The Bertz CT molecular complexity index is 1380. The zero-order chi connectivity index (χ0) is 22.8. The molecule has 0 saturated heterocycles. The quantitative estimate of drug-likeness (QED) is 0.323. The number of nitrogens with zero attached hydrogens (tertiary/aromatic N) is 3.